The number of hydrogen-bond acceptors (Lipinski definition) is 0. The minimum absolute atomic E-state index is 1.24. The van der Waals surface area contributed by atoms with Crippen LogP contribution >= 0.6 is 0 Å². The Kier molecular flexibility index (Phi) is 1.01. The first-order valence-corrected chi connectivity index (χ1v) is 3.97. The molecule has 2 aliphatic heterocycles. The molecular weight excluding hydrogens is 147 g/mol. The molecule has 0 saturated carbocycles. The van der Waals surface area contributed by atoms with E-state index in [4.69, 9.17) is 0 Å². The van der Waals surface area contributed by atoms with Crippen molar-refractivity contribution in [2.75, 3.05) is 0 Å². The van der Waals surface area contributed by atoms with Crippen molar-refractivity contribution >= 4 is 19.8 Å². The maximum atomic E-state index is 2.17. The van der Waals surface area contributed by atoms with Crippen molar-refractivity contribution in [3.8, 4) is 0 Å². The van der Waals surface area contributed by atoms with Crippen LogP contribution in [0, 0.1) is 0 Å². The van der Waals surface area contributed by atoms with E-state index < -0.39 is 0 Å². The molecule has 1 radical (unpaired) electrons. The van der Waals surface area contributed by atoms with Gasteiger partial charge in [-0.15, -0.1) is 0 Å². The normalized spacial score (nSPS) is 17.7. The number of aromatic nitrogens is 1. The van der Waals surface area contributed by atoms with Gasteiger partial charge in [0.05, 0.1) is 0 Å². The van der Waals surface area contributed by atoms with Crippen LogP contribution in [0.15, 0.2) is 36.2 Å². The van der Waals surface area contributed by atoms with Crippen LogP contribution in [0.1, 0.15) is 5.69 Å². The molecule has 55 valence electrons. The van der Waals surface area contributed by atoms with Gasteiger partial charge in [-0.3, -0.25) is 4.49 Å². The van der Waals surface area contributed by atoms with E-state index in [1.807, 2.05) is 0 Å². The van der Waals surface area contributed by atoms with Crippen molar-refractivity contribution in [3.05, 3.63) is 41.9 Å². The van der Waals surface area contributed by atoms with Crippen molar-refractivity contribution in [2.45, 2.75) is 0 Å². The average Bonchev–Trinajstić information content (AvgIpc) is 2.64. The van der Waals surface area contributed by atoms with Crippen LogP contribution in [-0.2, 0) is 0 Å². The third-order valence-corrected chi connectivity index (χ3v) is 2.17. The molecule has 3 heteroatoms. The van der Waals surface area contributed by atoms with Crippen LogP contribution in [0.5, 0.6) is 0 Å². The highest BCUT2D eigenvalue weighted by molar-refractivity contribution is 6.26. The number of hydrogen-bond donors (Lipinski definition) is 0. The fourth-order valence-corrected chi connectivity index (χ4v) is 1.55. The zero-order chi connectivity index (χ0) is 7.97. The molecule has 0 saturated heterocycles. The lowest BCUT2D eigenvalue weighted by Gasteiger charge is -2.06. The van der Waals surface area contributed by atoms with Gasteiger partial charge in [0.25, 0.3) is 0 Å². The van der Waals surface area contributed by atoms with Gasteiger partial charge in [0.1, 0.15) is 6.21 Å². The topological polar surface area (TPSA) is 7.94 Å². The third kappa shape index (κ3) is 0.680. The highest BCUT2D eigenvalue weighted by Gasteiger charge is 2.26. The van der Waals surface area contributed by atoms with Gasteiger partial charge >= 0.3 is 7.55 Å². The zero-order valence-electron chi connectivity index (χ0n) is 6.51. The van der Waals surface area contributed by atoms with Gasteiger partial charge < -0.3 is 4.48 Å². The van der Waals surface area contributed by atoms with E-state index >= 15 is 0 Å². The highest BCUT2D eigenvalue weighted by Crippen LogP contribution is 2.16. The first-order chi connectivity index (χ1) is 5.93. The summed E-state index contributed by atoms with van der Waals surface area (Å²) in [4.78, 5) is 0. The first kappa shape index (κ1) is 6.06. The monoisotopic (exact) mass is 154 g/mol. The molecule has 0 bridgehead atoms. The Morgan fingerprint density at radius 1 is 1.42 bits per heavy atom. The lowest BCUT2D eigenvalue weighted by Crippen LogP contribution is -2.25. The Morgan fingerprint density at radius 2 is 2.42 bits per heavy atom. The first-order valence-electron chi connectivity index (χ1n) is 3.97. The number of allylic oxidation sites excluding steroid dienone is 2. The Hall–Kier alpha value is -1.51. The molecule has 0 amide bonds. The van der Waals surface area contributed by atoms with E-state index in [2.05, 4.69) is 59.3 Å². The predicted octanol–water partition coefficient (Wildman–Crippen LogP) is 0.878. The maximum absolute atomic E-state index is 2.17. The molecule has 3 heterocycles. The Bertz CT molecular complexity index is 423. The van der Waals surface area contributed by atoms with E-state index in [1.54, 1.807) is 0 Å². The standard InChI is InChI=1S/C9H7BN2/c1-3-8-7-9-4-2-6-12(9)10-11(8)5-1/h1-7H/q+1. The molecule has 1 aromatic rings. The van der Waals surface area contributed by atoms with E-state index in [0.29, 0.717) is 0 Å². The lowest BCUT2D eigenvalue weighted by molar-refractivity contribution is -0.306. The van der Waals surface area contributed by atoms with Crippen LogP contribution in [-0.4, -0.2) is 22.7 Å². The van der Waals surface area contributed by atoms with Gasteiger partial charge in [-0.25, -0.2) is 0 Å². The molecule has 0 unspecified atom stereocenters. The summed E-state index contributed by atoms with van der Waals surface area (Å²) < 4.78 is 4.21. The molecular formula is C9H7BN2+. The van der Waals surface area contributed by atoms with Crippen LogP contribution in [0.25, 0.3) is 6.08 Å². The van der Waals surface area contributed by atoms with Gasteiger partial charge in [0, 0.05) is 23.9 Å². The molecule has 0 atom stereocenters. The SMILES string of the molecule is [B]1n2cccc2C=C2C=CC=[N+]12. The van der Waals surface area contributed by atoms with Gasteiger partial charge in [0.15, 0.2) is 5.70 Å². The van der Waals surface area contributed by atoms with Crippen LogP contribution in [0.4, 0.5) is 0 Å². The number of nitrogens with zero attached hydrogens (tertiary/aromatic N) is 2. The fraction of sp³-hybridized carbons (Fsp3) is 0. The summed E-state index contributed by atoms with van der Waals surface area (Å²) in [5, 5.41) is 0. The second-order valence-electron chi connectivity index (χ2n) is 2.94. The molecule has 0 aromatic carbocycles. The summed E-state index contributed by atoms with van der Waals surface area (Å²) in [7, 11) is 2.07. The lowest BCUT2D eigenvalue weighted by atomic mass is 10.0. The van der Waals surface area contributed by atoms with E-state index in [0.717, 1.165) is 0 Å². The van der Waals surface area contributed by atoms with Gasteiger partial charge in [-0.2, -0.15) is 0 Å². The summed E-state index contributed by atoms with van der Waals surface area (Å²) >= 11 is 0. The smallest absolute Gasteiger partial charge is 0.325 e. The molecule has 1 aromatic heterocycles. The Labute approximate surface area is 71.4 Å². The second kappa shape index (κ2) is 2.00. The third-order valence-electron chi connectivity index (χ3n) is 2.17. The maximum Gasteiger partial charge on any atom is 0.699 e. The fourth-order valence-electron chi connectivity index (χ4n) is 1.55. The summed E-state index contributed by atoms with van der Waals surface area (Å²) in [6.45, 7) is 0. The number of rotatable bonds is 0. The van der Waals surface area contributed by atoms with Crippen LogP contribution in [0.2, 0.25) is 0 Å². The Morgan fingerprint density at radius 3 is 3.42 bits per heavy atom. The molecule has 3 rings (SSSR count). The van der Waals surface area contributed by atoms with Gasteiger partial charge in [-0.05, 0) is 18.3 Å². The van der Waals surface area contributed by atoms with E-state index in [-0.39, 0.29) is 0 Å². The molecule has 0 aliphatic carbocycles. The molecule has 0 N–H and O–H groups in total. The molecule has 0 spiro atoms. The quantitative estimate of drug-likeness (QED) is 0.490. The van der Waals surface area contributed by atoms with E-state index in [9.17, 15) is 0 Å². The van der Waals surface area contributed by atoms with Crippen molar-refractivity contribution in [1.82, 2.24) is 4.48 Å². The minimum Gasteiger partial charge on any atom is -0.325 e. The number of fused-ring (bicyclic) bond motifs is 2. The Balaban J connectivity index is 2.23. The largest absolute Gasteiger partial charge is 0.699 e. The average molecular weight is 154 g/mol. The summed E-state index contributed by atoms with van der Waals surface area (Å²) in [5.74, 6) is 0. The van der Waals surface area contributed by atoms with Crippen molar-refractivity contribution in [2.24, 2.45) is 0 Å². The summed E-state index contributed by atoms with van der Waals surface area (Å²) in [6.07, 6.45) is 10.4. The summed E-state index contributed by atoms with van der Waals surface area (Å²) in [5.41, 5.74) is 2.47. The summed E-state index contributed by atoms with van der Waals surface area (Å²) in [6, 6.07) is 4.15. The van der Waals surface area contributed by atoms with Crippen molar-refractivity contribution in [1.29, 1.82) is 0 Å². The molecule has 2 aliphatic rings. The van der Waals surface area contributed by atoms with Gasteiger partial charge in [0.2, 0.25) is 0 Å². The molecule has 12 heavy (non-hydrogen) atoms. The van der Waals surface area contributed by atoms with E-state index in [1.165, 1.54) is 11.4 Å². The minimum atomic E-state index is 1.24. The predicted molar refractivity (Wildman–Crippen MR) is 49.0 cm³/mol. The second-order valence-corrected chi connectivity index (χ2v) is 2.94. The van der Waals surface area contributed by atoms with Crippen LogP contribution < -0.4 is 0 Å². The molecule has 0 fully saturated rings. The highest BCUT2D eigenvalue weighted by atomic mass is 15.1. The van der Waals surface area contributed by atoms with Crippen LogP contribution in [0.3, 0.4) is 0 Å². The van der Waals surface area contributed by atoms with Crippen molar-refractivity contribution in [3.63, 3.8) is 0 Å². The zero-order valence-corrected chi connectivity index (χ0v) is 6.51. The van der Waals surface area contributed by atoms with Gasteiger partial charge in [-0.1, -0.05) is 0 Å². The van der Waals surface area contributed by atoms with Crippen molar-refractivity contribution < 1.29 is 4.49 Å². The molecule has 2 nitrogen and oxygen atoms in total.